The fraction of sp³-hybridized carbons (Fsp3) is 1.00. The van der Waals surface area contributed by atoms with Crippen LogP contribution in [0.5, 0.6) is 0 Å². The third-order valence-corrected chi connectivity index (χ3v) is 2.30. The van der Waals surface area contributed by atoms with Gasteiger partial charge in [0.25, 0.3) is 0 Å². The molecule has 0 heterocycles. The van der Waals surface area contributed by atoms with E-state index in [4.69, 9.17) is 5.11 Å². The first-order chi connectivity index (χ1) is 5.19. The van der Waals surface area contributed by atoms with Crippen molar-refractivity contribution < 1.29 is 60.8 Å². The number of alkyl halides is 3. The molecule has 0 aliphatic carbocycles. The number of halogens is 3. The molecule has 74 valence electrons. The molecule has 1 N–H and O–H groups in total. The Labute approximate surface area is 95.2 Å². The number of hydrogen-bond donors (Lipinski definition) is 1. The molecule has 0 saturated heterocycles. The number of rotatable bonds is 3. The Morgan fingerprint density at radius 3 is 1.85 bits per heavy atom. The summed E-state index contributed by atoms with van der Waals surface area (Å²) in [6.07, 6.45) is -6.22. The predicted molar refractivity (Wildman–Crippen MR) is 31.2 cm³/mol. The van der Waals surface area contributed by atoms with E-state index < -0.39 is 34.6 Å². The molecule has 0 aliphatic rings. The van der Waals surface area contributed by atoms with E-state index in [-0.39, 0.29) is 29.6 Å². The van der Waals surface area contributed by atoms with Gasteiger partial charge in [0.2, 0.25) is 0 Å². The first-order valence-corrected chi connectivity index (χ1v) is 4.29. The van der Waals surface area contributed by atoms with Crippen molar-refractivity contribution in [2.24, 2.45) is 0 Å². The second-order valence-electron chi connectivity index (χ2n) is 2.04. The van der Waals surface area contributed by atoms with Crippen molar-refractivity contribution in [1.82, 2.24) is 0 Å². The molecule has 0 aromatic heterocycles. The van der Waals surface area contributed by atoms with Gasteiger partial charge in [-0.25, -0.2) is 8.42 Å². The molecule has 0 radical (unpaired) electrons. The van der Waals surface area contributed by atoms with Gasteiger partial charge in [-0.1, -0.05) is 0 Å². The van der Waals surface area contributed by atoms with Crippen LogP contribution in [0.4, 0.5) is 13.2 Å². The zero-order valence-corrected chi connectivity index (χ0v) is 9.52. The van der Waals surface area contributed by atoms with Crippen LogP contribution in [0.1, 0.15) is 6.42 Å². The number of hydrogen-bond acceptors (Lipinski definition) is 4. The van der Waals surface area contributed by atoms with Crippen molar-refractivity contribution in [2.75, 3.05) is 6.61 Å². The maximum Gasteiger partial charge on any atom is 1.00 e. The third-order valence-electron chi connectivity index (χ3n) is 1.10. The summed E-state index contributed by atoms with van der Waals surface area (Å²) in [5.74, 6) is 0. The molecule has 13 heavy (non-hydrogen) atoms. The molecule has 1 atom stereocenters. The summed E-state index contributed by atoms with van der Waals surface area (Å²) >= 11 is 0. The first-order valence-electron chi connectivity index (χ1n) is 2.82. The minimum atomic E-state index is -5.42. The van der Waals surface area contributed by atoms with E-state index >= 15 is 0 Å². The third kappa shape index (κ3) is 5.87. The average Bonchev–Trinajstić information content (AvgIpc) is 1.77. The van der Waals surface area contributed by atoms with Crippen molar-refractivity contribution in [3.05, 3.63) is 0 Å². The number of aliphatic hydroxyl groups is 1. The molecule has 1 unspecified atom stereocenters. The zero-order valence-electron chi connectivity index (χ0n) is 6.71. The Bertz CT molecular complexity index is 236. The Hall–Kier alpha value is 0.660. The Balaban J connectivity index is 0. The van der Waals surface area contributed by atoms with Gasteiger partial charge in [-0.05, 0) is 6.42 Å². The summed E-state index contributed by atoms with van der Waals surface area (Å²) in [4.78, 5) is 0. The molecule has 0 spiro atoms. The van der Waals surface area contributed by atoms with E-state index in [1.807, 2.05) is 0 Å². The molecular formula is C4H6F3NaO4S. The molecular weight excluding hydrogens is 224 g/mol. The summed E-state index contributed by atoms with van der Waals surface area (Å²) in [6, 6.07) is 0. The van der Waals surface area contributed by atoms with Crippen LogP contribution in [0.3, 0.4) is 0 Å². The quantitative estimate of drug-likeness (QED) is 0.410. The van der Waals surface area contributed by atoms with Crippen LogP contribution >= 0.6 is 0 Å². The number of aliphatic hydroxyl groups excluding tert-OH is 1. The van der Waals surface area contributed by atoms with E-state index in [1.165, 1.54) is 0 Å². The minimum Gasteiger partial charge on any atom is -0.747 e. The van der Waals surface area contributed by atoms with Crippen LogP contribution in [-0.4, -0.2) is 36.1 Å². The smallest absolute Gasteiger partial charge is 0.747 e. The van der Waals surface area contributed by atoms with Gasteiger partial charge in [-0.3, -0.25) is 0 Å². The molecule has 0 saturated carbocycles. The molecule has 0 aromatic rings. The van der Waals surface area contributed by atoms with Gasteiger partial charge in [0.1, 0.15) is 15.4 Å². The van der Waals surface area contributed by atoms with E-state index in [0.717, 1.165) is 0 Å². The predicted octanol–water partition coefficient (Wildman–Crippen LogP) is -3.15. The van der Waals surface area contributed by atoms with Gasteiger partial charge >= 0.3 is 35.7 Å². The van der Waals surface area contributed by atoms with Crippen molar-refractivity contribution in [1.29, 1.82) is 0 Å². The average molecular weight is 230 g/mol. The van der Waals surface area contributed by atoms with Crippen molar-refractivity contribution in [2.45, 2.75) is 17.8 Å². The molecule has 0 rings (SSSR count). The maximum absolute atomic E-state index is 11.7. The van der Waals surface area contributed by atoms with Gasteiger partial charge in [0, 0.05) is 6.61 Å². The molecule has 0 aliphatic heterocycles. The molecule has 0 aromatic carbocycles. The van der Waals surface area contributed by atoms with E-state index in [0.29, 0.717) is 0 Å². The van der Waals surface area contributed by atoms with Crippen molar-refractivity contribution in [3.8, 4) is 0 Å². The molecule has 9 heteroatoms. The monoisotopic (exact) mass is 230 g/mol. The Morgan fingerprint density at radius 1 is 1.38 bits per heavy atom. The largest absolute Gasteiger partial charge is 1.00 e. The standard InChI is InChI=1S/C4H7F3O4S.Na/c5-4(6,7)3(1-2-8)12(9,10)11;/h3,8H,1-2H2,(H,9,10,11);/q;+1/p-1. The Morgan fingerprint density at radius 2 is 1.77 bits per heavy atom. The van der Waals surface area contributed by atoms with Crippen LogP contribution in [0, 0.1) is 0 Å². The zero-order chi connectivity index (χ0) is 9.99. The van der Waals surface area contributed by atoms with E-state index in [2.05, 4.69) is 0 Å². The second kappa shape index (κ2) is 5.52. The summed E-state index contributed by atoms with van der Waals surface area (Å²) in [5, 5.41) is 5.06. The second-order valence-corrected chi connectivity index (χ2v) is 3.59. The van der Waals surface area contributed by atoms with Gasteiger partial charge in [-0.15, -0.1) is 0 Å². The Kier molecular flexibility index (Phi) is 6.84. The van der Waals surface area contributed by atoms with Gasteiger partial charge < -0.3 is 9.66 Å². The SMILES string of the molecule is O=S(=O)([O-])C(CCO)C(F)(F)F.[Na+]. The fourth-order valence-corrected chi connectivity index (χ4v) is 1.31. The molecule has 0 bridgehead atoms. The molecule has 4 nitrogen and oxygen atoms in total. The van der Waals surface area contributed by atoms with Crippen LogP contribution < -0.4 is 29.6 Å². The normalized spacial score (nSPS) is 14.8. The van der Waals surface area contributed by atoms with Gasteiger partial charge in [-0.2, -0.15) is 13.2 Å². The van der Waals surface area contributed by atoms with E-state index in [9.17, 15) is 26.1 Å². The summed E-state index contributed by atoms with van der Waals surface area (Å²) < 4.78 is 65.1. The van der Waals surface area contributed by atoms with Crippen LogP contribution in [0.25, 0.3) is 0 Å². The summed E-state index contributed by atoms with van der Waals surface area (Å²) in [7, 11) is -5.42. The fourth-order valence-electron chi connectivity index (χ4n) is 0.589. The topological polar surface area (TPSA) is 77.4 Å². The van der Waals surface area contributed by atoms with Crippen molar-refractivity contribution in [3.63, 3.8) is 0 Å². The summed E-state index contributed by atoms with van der Waals surface area (Å²) in [6.45, 7) is -0.994. The van der Waals surface area contributed by atoms with Crippen LogP contribution in [0.15, 0.2) is 0 Å². The van der Waals surface area contributed by atoms with Gasteiger partial charge in [0.05, 0.1) is 0 Å². The maximum atomic E-state index is 11.7. The van der Waals surface area contributed by atoms with Gasteiger partial charge in [0.15, 0.2) is 0 Å². The molecule has 0 fully saturated rings. The van der Waals surface area contributed by atoms with Crippen LogP contribution in [-0.2, 0) is 10.1 Å². The first kappa shape index (κ1) is 16.1. The molecule has 0 amide bonds. The summed E-state index contributed by atoms with van der Waals surface area (Å²) in [5.41, 5.74) is 0. The van der Waals surface area contributed by atoms with Crippen LogP contribution in [0.2, 0.25) is 0 Å². The van der Waals surface area contributed by atoms with Crippen molar-refractivity contribution >= 4 is 10.1 Å². The minimum absolute atomic E-state index is 0. The van der Waals surface area contributed by atoms with E-state index in [1.54, 1.807) is 0 Å².